The van der Waals surface area contributed by atoms with E-state index >= 15 is 0 Å². The van der Waals surface area contributed by atoms with Gasteiger partial charge < -0.3 is 10.1 Å². The zero-order chi connectivity index (χ0) is 17.5. The third-order valence-electron chi connectivity index (χ3n) is 4.23. The number of morpholine rings is 1. The summed E-state index contributed by atoms with van der Waals surface area (Å²) >= 11 is 3.13. The molecule has 5 nitrogen and oxygen atoms in total. The fraction of sp³-hybridized carbons (Fsp3) is 0.444. The van der Waals surface area contributed by atoms with Crippen LogP contribution in [0, 0.1) is 0 Å². The van der Waals surface area contributed by atoms with Gasteiger partial charge in [0.05, 0.1) is 24.1 Å². The minimum Gasteiger partial charge on any atom is -0.379 e. The molecule has 7 heteroatoms. The van der Waals surface area contributed by atoms with Crippen molar-refractivity contribution in [1.82, 2.24) is 10.2 Å². The van der Waals surface area contributed by atoms with Gasteiger partial charge in [0.15, 0.2) is 5.78 Å². The number of amides is 1. The molecule has 2 aromatic heterocycles. The summed E-state index contributed by atoms with van der Waals surface area (Å²) in [6.45, 7) is 3.76. The van der Waals surface area contributed by atoms with Crippen molar-refractivity contribution < 1.29 is 14.3 Å². The van der Waals surface area contributed by atoms with Gasteiger partial charge in [0.25, 0.3) is 0 Å². The zero-order valence-electron chi connectivity index (χ0n) is 14.0. The number of hydrogen-bond donors (Lipinski definition) is 1. The van der Waals surface area contributed by atoms with Crippen LogP contribution in [0.5, 0.6) is 0 Å². The third kappa shape index (κ3) is 5.22. The SMILES string of the molecule is O=C(CCC(=O)c1cccs1)NCC(c1cccs1)N1CCOCC1. The van der Waals surface area contributed by atoms with Gasteiger partial charge in [-0.3, -0.25) is 14.5 Å². The Morgan fingerprint density at radius 1 is 1.12 bits per heavy atom. The molecule has 0 spiro atoms. The highest BCUT2D eigenvalue weighted by Gasteiger charge is 2.24. The van der Waals surface area contributed by atoms with Crippen molar-refractivity contribution in [2.45, 2.75) is 18.9 Å². The van der Waals surface area contributed by atoms with Crippen molar-refractivity contribution in [2.24, 2.45) is 0 Å². The third-order valence-corrected chi connectivity index (χ3v) is 6.11. The van der Waals surface area contributed by atoms with Gasteiger partial charge in [-0.1, -0.05) is 12.1 Å². The van der Waals surface area contributed by atoms with Gasteiger partial charge in [0.2, 0.25) is 5.91 Å². The Labute approximate surface area is 155 Å². The Morgan fingerprint density at radius 3 is 2.56 bits per heavy atom. The molecule has 1 atom stereocenters. The lowest BCUT2D eigenvalue weighted by Crippen LogP contribution is -2.43. The summed E-state index contributed by atoms with van der Waals surface area (Å²) in [7, 11) is 0. The molecular weight excluding hydrogens is 356 g/mol. The van der Waals surface area contributed by atoms with Crippen LogP contribution in [0.15, 0.2) is 35.0 Å². The van der Waals surface area contributed by atoms with E-state index in [1.807, 2.05) is 17.5 Å². The van der Waals surface area contributed by atoms with Crippen LogP contribution in [0.4, 0.5) is 0 Å². The fourth-order valence-corrected chi connectivity index (χ4v) is 4.42. The number of ketones is 1. The molecule has 0 bridgehead atoms. The van der Waals surface area contributed by atoms with E-state index < -0.39 is 0 Å². The number of carbonyl (C=O) groups is 2. The lowest BCUT2D eigenvalue weighted by Gasteiger charge is -2.34. The normalized spacial score (nSPS) is 16.5. The number of nitrogens with one attached hydrogen (secondary N) is 1. The van der Waals surface area contributed by atoms with Crippen LogP contribution in [-0.2, 0) is 9.53 Å². The monoisotopic (exact) mass is 378 g/mol. The summed E-state index contributed by atoms with van der Waals surface area (Å²) < 4.78 is 5.43. The second-order valence-electron chi connectivity index (χ2n) is 5.88. The van der Waals surface area contributed by atoms with Crippen molar-refractivity contribution in [3.63, 3.8) is 0 Å². The number of hydrogen-bond acceptors (Lipinski definition) is 6. The van der Waals surface area contributed by atoms with Crippen molar-refractivity contribution in [3.8, 4) is 0 Å². The second-order valence-corrected chi connectivity index (χ2v) is 7.81. The highest BCUT2D eigenvalue weighted by Crippen LogP contribution is 2.25. The van der Waals surface area contributed by atoms with Gasteiger partial charge >= 0.3 is 0 Å². The predicted octanol–water partition coefficient (Wildman–Crippen LogP) is 2.96. The first-order chi connectivity index (χ1) is 12.2. The summed E-state index contributed by atoms with van der Waals surface area (Å²) in [4.78, 5) is 28.5. The molecule has 3 rings (SSSR count). The molecular formula is C18H22N2O3S2. The Kier molecular flexibility index (Phi) is 6.75. The Morgan fingerprint density at radius 2 is 1.88 bits per heavy atom. The van der Waals surface area contributed by atoms with Gasteiger partial charge in [0, 0.05) is 37.4 Å². The smallest absolute Gasteiger partial charge is 0.220 e. The maximum atomic E-state index is 12.2. The van der Waals surface area contributed by atoms with Crippen molar-refractivity contribution in [1.29, 1.82) is 0 Å². The largest absolute Gasteiger partial charge is 0.379 e. The van der Waals surface area contributed by atoms with Crippen LogP contribution in [0.1, 0.15) is 33.4 Å². The van der Waals surface area contributed by atoms with Gasteiger partial charge in [0.1, 0.15) is 0 Å². The van der Waals surface area contributed by atoms with Gasteiger partial charge in [-0.05, 0) is 22.9 Å². The number of thiophene rings is 2. The highest BCUT2D eigenvalue weighted by molar-refractivity contribution is 7.12. The molecule has 1 saturated heterocycles. The molecule has 1 unspecified atom stereocenters. The Bertz CT molecular complexity index is 665. The van der Waals surface area contributed by atoms with E-state index in [4.69, 9.17) is 4.74 Å². The maximum absolute atomic E-state index is 12.2. The van der Waals surface area contributed by atoms with Crippen LogP contribution in [0.2, 0.25) is 0 Å². The zero-order valence-corrected chi connectivity index (χ0v) is 15.6. The number of nitrogens with zero attached hydrogens (tertiary/aromatic N) is 1. The van der Waals surface area contributed by atoms with Crippen LogP contribution in [0.25, 0.3) is 0 Å². The molecule has 1 N–H and O–H groups in total. The van der Waals surface area contributed by atoms with E-state index in [2.05, 4.69) is 21.7 Å². The number of carbonyl (C=O) groups excluding carboxylic acids is 2. The molecule has 134 valence electrons. The summed E-state index contributed by atoms with van der Waals surface area (Å²) in [5, 5.41) is 6.94. The molecule has 1 amide bonds. The van der Waals surface area contributed by atoms with E-state index in [0.29, 0.717) is 6.54 Å². The number of Topliss-reactive ketones (excluding diaryl/α,β-unsaturated/α-hetero) is 1. The average Bonchev–Trinajstić information content (AvgIpc) is 3.34. The minimum atomic E-state index is -0.0697. The standard InChI is InChI=1S/C18H22N2O3S2/c21-15(17-4-2-12-25-17)5-6-18(22)19-13-14(16-3-1-11-24-16)20-7-9-23-10-8-20/h1-4,11-12,14H,5-10,13H2,(H,19,22). The van der Waals surface area contributed by atoms with E-state index in [-0.39, 0.29) is 30.6 Å². The van der Waals surface area contributed by atoms with E-state index in [1.54, 1.807) is 17.4 Å². The Balaban J connectivity index is 1.50. The molecule has 0 radical (unpaired) electrons. The minimum absolute atomic E-state index is 0.0353. The first kappa shape index (κ1) is 18.3. The summed E-state index contributed by atoms with van der Waals surface area (Å²) in [6, 6.07) is 7.97. The fourth-order valence-electron chi connectivity index (χ4n) is 2.87. The lowest BCUT2D eigenvalue weighted by atomic mass is 10.1. The molecule has 2 aromatic rings. The van der Waals surface area contributed by atoms with E-state index in [9.17, 15) is 9.59 Å². The van der Waals surface area contributed by atoms with Crippen molar-refractivity contribution in [2.75, 3.05) is 32.8 Å². The second kappa shape index (κ2) is 9.24. The first-order valence-corrected chi connectivity index (χ1v) is 10.2. The molecule has 25 heavy (non-hydrogen) atoms. The van der Waals surface area contributed by atoms with Crippen LogP contribution in [-0.4, -0.2) is 49.4 Å². The average molecular weight is 379 g/mol. The maximum Gasteiger partial charge on any atom is 0.220 e. The lowest BCUT2D eigenvalue weighted by molar-refractivity contribution is -0.121. The van der Waals surface area contributed by atoms with Gasteiger partial charge in [-0.25, -0.2) is 0 Å². The van der Waals surface area contributed by atoms with Crippen LogP contribution < -0.4 is 5.32 Å². The highest BCUT2D eigenvalue weighted by atomic mass is 32.1. The Hall–Kier alpha value is -1.54. The van der Waals surface area contributed by atoms with Crippen molar-refractivity contribution >= 4 is 34.4 Å². The summed E-state index contributed by atoms with van der Waals surface area (Å²) in [6.07, 6.45) is 0.491. The molecule has 0 saturated carbocycles. The van der Waals surface area contributed by atoms with E-state index in [1.165, 1.54) is 16.2 Å². The first-order valence-electron chi connectivity index (χ1n) is 8.42. The molecule has 0 aliphatic carbocycles. The number of ether oxygens (including phenoxy) is 1. The predicted molar refractivity (Wildman–Crippen MR) is 100 cm³/mol. The topological polar surface area (TPSA) is 58.6 Å². The van der Waals surface area contributed by atoms with Crippen LogP contribution >= 0.6 is 22.7 Å². The van der Waals surface area contributed by atoms with E-state index in [0.717, 1.165) is 31.2 Å². The molecule has 0 aromatic carbocycles. The number of rotatable bonds is 8. The summed E-state index contributed by atoms with van der Waals surface area (Å²) in [5.41, 5.74) is 0. The molecule has 1 aliphatic rings. The molecule has 1 aliphatic heterocycles. The van der Waals surface area contributed by atoms with Gasteiger partial charge in [-0.2, -0.15) is 0 Å². The van der Waals surface area contributed by atoms with Gasteiger partial charge in [-0.15, -0.1) is 22.7 Å². The van der Waals surface area contributed by atoms with Crippen molar-refractivity contribution in [3.05, 3.63) is 44.8 Å². The molecule has 3 heterocycles. The summed E-state index contributed by atoms with van der Waals surface area (Å²) in [5.74, 6) is -0.0344. The quantitative estimate of drug-likeness (QED) is 0.718. The van der Waals surface area contributed by atoms with Crippen LogP contribution in [0.3, 0.4) is 0 Å². The molecule has 1 fully saturated rings.